The number of benzene rings is 1. The molecule has 0 bridgehead atoms. The van der Waals surface area contributed by atoms with E-state index in [-0.39, 0.29) is 5.78 Å². The molecular formula is C17H28O. The Balaban J connectivity index is 0.000000415. The van der Waals surface area contributed by atoms with Crippen LogP contribution in [0.15, 0.2) is 30.3 Å². The molecule has 1 aliphatic carbocycles. The number of hydrogen-bond acceptors (Lipinski definition) is 1. The molecule has 1 aromatic rings. The molecule has 0 N–H and O–H groups in total. The maximum absolute atomic E-state index is 9.44. The molecule has 1 nitrogen and oxygen atoms in total. The highest BCUT2D eigenvalue weighted by Gasteiger charge is 2.14. The molecule has 2 rings (SSSR count). The molecule has 0 heterocycles. The van der Waals surface area contributed by atoms with Gasteiger partial charge in [-0.1, -0.05) is 69.9 Å². The molecule has 1 heteroatoms. The lowest BCUT2D eigenvalue weighted by Crippen LogP contribution is -1.97. The lowest BCUT2D eigenvalue weighted by molar-refractivity contribution is -0.114. The fourth-order valence-corrected chi connectivity index (χ4v) is 2.16. The Labute approximate surface area is 113 Å². The Morgan fingerprint density at radius 1 is 1.06 bits per heavy atom. The predicted octanol–water partition coefficient (Wildman–Crippen LogP) is 5.04. The molecule has 0 atom stereocenters. The maximum Gasteiger partial charge on any atom is 0.126 e. The predicted molar refractivity (Wildman–Crippen MR) is 79.8 cm³/mol. The van der Waals surface area contributed by atoms with Crippen LogP contribution >= 0.6 is 0 Å². The smallest absolute Gasteiger partial charge is 0.126 e. The summed E-state index contributed by atoms with van der Waals surface area (Å²) in [6.45, 7) is 7.06. The van der Waals surface area contributed by atoms with Gasteiger partial charge in [0.05, 0.1) is 0 Å². The van der Waals surface area contributed by atoms with Crippen molar-refractivity contribution in [2.45, 2.75) is 59.8 Å². The van der Waals surface area contributed by atoms with Crippen LogP contribution in [-0.4, -0.2) is 5.78 Å². The van der Waals surface area contributed by atoms with Gasteiger partial charge >= 0.3 is 0 Å². The van der Waals surface area contributed by atoms with Crippen molar-refractivity contribution in [3.8, 4) is 0 Å². The zero-order valence-electron chi connectivity index (χ0n) is 12.4. The molecule has 1 aliphatic rings. The second kappa shape index (κ2) is 11.0. The van der Waals surface area contributed by atoms with Gasteiger partial charge in [-0.05, 0) is 31.7 Å². The number of carbonyl (C=O) groups is 1. The molecular weight excluding hydrogens is 220 g/mol. The second-order valence-electron chi connectivity index (χ2n) is 4.75. The largest absolute Gasteiger partial charge is 0.300 e. The fourth-order valence-electron chi connectivity index (χ4n) is 2.16. The van der Waals surface area contributed by atoms with E-state index in [9.17, 15) is 4.79 Å². The molecule has 1 aromatic carbocycles. The molecule has 102 valence electrons. The third kappa shape index (κ3) is 8.98. The van der Waals surface area contributed by atoms with Crippen molar-refractivity contribution in [1.29, 1.82) is 0 Å². The highest BCUT2D eigenvalue weighted by atomic mass is 16.1. The van der Waals surface area contributed by atoms with E-state index in [0.29, 0.717) is 0 Å². The third-order valence-electron chi connectivity index (χ3n) is 2.84. The third-order valence-corrected chi connectivity index (χ3v) is 2.84. The van der Waals surface area contributed by atoms with Crippen molar-refractivity contribution < 1.29 is 4.79 Å². The van der Waals surface area contributed by atoms with Crippen LogP contribution in [0.25, 0.3) is 0 Å². The summed E-state index contributed by atoms with van der Waals surface area (Å²) in [6.07, 6.45) is 7.12. The minimum atomic E-state index is 0.167. The van der Waals surface area contributed by atoms with Crippen molar-refractivity contribution in [3.63, 3.8) is 0 Å². The van der Waals surface area contributed by atoms with Crippen molar-refractivity contribution in [2.24, 2.45) is 5.92 Å². The highest BCUT2D eigenvalue weighted by Crippen LogP contribution is 2.27. The van der Waals surface area contributed by atoms with Gasteiger partial charge in [-0.15, -0.1) is 0 Å². The second-order valence-corrected chi connectivity index (χ2v) is 4.75. The van der Waals surface area contributed by atoms with E-state index in [1.807, 2.05) is 13.8 Å². The Hall–Kier alpha value is -1.11. The van der Waals surface area contributed by atoms with Gasteiger partial charge in [0, 0.05) is 0 Å². The first-order valence-electron chi connectivity index (χ1n) is 7.19. The summed E-state index contributed by atoms with van der Waals surface area (Å²) in [4.78, 5) is 9.44. The summed E-state index contributed by atoms with van der Waals surface area (Å²) in [7, 11) is 0. The van der Waals surface area contributed by atoms with Crippen molar-refractivity contribution >= 4 is 5.78 Å². The normalized spacial score (nSPS) is 14.0. The van der Waals surface area contributed by atoms with Crippen LogP contribution in [0, 0.1) is 5.92 Å². The van der Waals surface area contributed by atoms with Crippen molar-refractivity contribution in [3.05, 3.63) is 35.9 Å². The van der Waals surface area contributed by atoms with E-state index in [2.05, 4.69) is 30.3 Å². The van der Waals surface area contributed by atoms with Crippen LogP contribution in [0.3, 0.4) is 0 Å². The van der Waals surface area contributed by atoms with Crippen LogP contribution in [-0.2, 0) is 11.2 Å². The summed E-state index contributed by atoms with van der Waals surface area (Å²) < 4.78 is 0. The van der Waals surface area contributed by atoms with Gasteiger partial charge in [-0.3, -0.25) is 0 Å². The molecule has 0 aliphatic heterocycles. The van der Waals surface area contributed by atoms with E-state index in [1.165, 1.54) is 51.5 Å². The lowest BCUT2D eigenvalue weighted by Gasteiger charge is -2.07. The van der Waals surface area contributed by atoms with Crippen LogP contribution < -0.4 is 0 Å². The van der Waals surface area contributed by atoms with Gasteiger partial charge in [0.2, 0.25) is 0 Å². The SMILES string of the molecule is CC.CC(C)=O.c1ccc(CC2CCCC2)cc1. The van der Waals surface area contributed by atoms with E-state index >= 15 is 0 Å². The molecule has 18 heavy (non-hydrogen) atoms. The minimum absolute atomic E-state index is 0.167. The molecule has 0 saturated heterocycles. The van der Waals surface area contributed by atoms with Gasteiger partial charge in [0.15, 0.2) is 0 Å². The number of hydrogen-bond donors (Lipinski definition) is 0. The Kier molecular flexibility index (Phi) is 10.3. The van der Waals surface area contributed by atoms with Gasteiger partial charge in [0.25, 0.3) is 0 Å². The zero-order chi connectivity index (χ0) is 13.8. The highest BCUT2D eigenvalue weighted by molar-refractivity contribution is 5.72. The molecule has 0 amide bonds. The monoisotopic (exact) mass is 248 g/mol. The quantitative estimate of drug-likeness (QED) is 0.716. The van der Waals surface area contributed by atoms with E-state index in [1.54, 1.807) is 0 Å². The maximum atomic E-state index is 9.44. The Morgan fingerprint density at radius 2 is 1.50 bits per heavy atom. The van der Waals surface area contributed by atoms with Crippen LogP contribution in [0.1, 0.15) is 58.9 Å². The van der Waals surface area contributed by atoms with Crippen LogP contribution in [0.4, 0.5) is 0 Å². The van der Waals surface area contributed by atoms with E-state index in [4.69, 9.17) is 0 Å². The van der Waals surface area contributed by atoms with Gasteiger partial charge in [-0.25, -0.2) is 0 Å². The Bertz CT molecular complexity index is 293. The van der Waals surface area contributed by atoms with Crippen LogP contribution in [0.2, 0.25) is 0 Å². The summed E-state index contributed by atoms with van der Waals surface area (Å²) in [6, 6.07) is 10.9. The van der Waals surface area contributed by atoms with Gasteiger partial charge in [-0.2, -0.15) is 0 Å². The molecule has 1 fully saturated rings. The number of ketones is 1. The number of Topliss-reactive ketones (excluding diaryl/α,β-unsaturated/α-hetero) is 1. The molecule has 0 unspecified atom stereocenters. The van der Waals surface area contributed by atoms with E-state index < -0.39 is 0 Å². The average molecular weight is 248 g/mol. The summed E-state index contributed by atoms with van der Waals surface area (Å²) in [5, 5.41) is 0. The number of rotatable bonds is 2. The summed E-state index contributed by atoms with van der Waals surface area (Å²) >= 11 is 0. The first-order valence-corrected chi connectivity index (χ1v) is 7.19. The first kappa shape index (κ1) is 16.9. The zero-order valence-corrected chi connectivity index (χ0v) is 12.4. The summed E-state index contributed by atoms with van der Waals surface area (Å²) in [5.41, 5.74) is 1.52. The van der Waals surface area contributed by atoms with Gasteiger partial charge in [0.1, 0.15) is 5.78 Å². The van der Waals surface area contributed by atoms with Gasteiger partial charge < -0.3 is 4.79 Å². The topological polar surface area (TPSA) is 17.1 Å². The molecule has 0 spiro atoms. The fraction of sp³-hybridized carbons (Fsp3) is 0.588. The molecule has 0 radical (unpaired) electrons. The summed E-state index contributed by atoms with van der Waals surface area (Å²) in [5.74, 6) is 1.15. The van der Waals surface area contributed by atoms with E-state index in [0.717, 1.165) is 5.92 Å². The molecule has 1 saturated carbocycles. The molecule has 0 aromatic heterocycles. The number of carbonyl (C=O) groups excluding carboxylic acids is 1. The van der Waals surface area contributed by atoms with Crippen LogP contribution in [0.5, 0.6) is 0 Å². The average Bonchev–Trinajstić information content (AvgIpc) is 2.85. The Morgan fingerprint density at radius 3 is 1.94 bits per heavy atom. The first-order chi connectivity index (χ1) is 8.68. The van der Waals surface area contributed by atoms with Crippen molar-refractivity contribution in [1.82, 2.24) is 0 Å². The standard InChI is InChI=1S/C12H16.C3H6O.C2H6/c1-2-6-11(7-3-1)10-12-8-4-5-9-12;1-3(2)4;1-2/h1-3,6-7,12H,4-5,8-10H2;1-2H3;1-2H3. The van der Waals surface area contributed by atoms with Crippen molar-refractivity contribution in [2.75, 3.05) is 0 Å². The lowest BCUT2D eigenvalue weighted by atomic mass is 9.98. The minimum Gasteiger partial charge on any atom is -0.300 e.